The highest BCUT2D eigenvalue weighted by molar-refractivity contribution is 8.00. The summed E-state index contributed by atoms with van der Waals surface area (Å²) in [7, 11) is 0. The standard InChI is InChI=1S/C17H18NO3S/c1-12(19)15(16(18)22-14-10-6-3-7-11-14)17(20)21-13-8-4-2-5-9-13/h2-12,15-16,19H,1,18H2. The molecule has 2 aromatic carbocycles. The molecule has 0 saturated heterocycles. The van der Waals surface area contributed by atoms with Crippen molar-refractivity contribution in [2.75, 3.05) is 0 Å². The van der Waals surface area contributed by atoms with Crippen LogP contribution in [0.4, 0.5) is 0 Å². The van der Waals surface area contributed by atoms with Crippen LogP contribution < -0.4 is 10.5 Å². The normalized spacial score (nSPS) is 14.9. The van der Waals surface area contributed by atoms with E-state index < -0.39 is 23.4 Å². The maximum Gasteiger partial charge on any atom is 0.319 e. The average molecular weight is 316 g/mol. The Morgan fingerprint density at radius 2 is 1.64 bits per heavy atom. The van der Waals surface area contributed by atoms with Crippen molar-refractivity contribution >= 4 is 17.7 Å². The van der Waals surface area contributed by atoms with Crippen LogP contribution in [0.25, 0.3) is 0 Å². The van der Waals surface area contributed by atoms with Crippen LogP contribution in [0.1, 0.15) is 0 Å². The van der Waals surface area contributed by atoms with E-state index in [1.807, 2.05) is 36.4 Å². The van der Waals surface area contributed by atoms with Crippen molar-refractivity contribution in [3.8, 4) is 5.75 Å². The summed E-state index contributed by atoms with van der Waals surface area (Å²) in [5, 5.41) is 9.14. The van der Waals surface area contributed by atoms with Crippen LogP contribution in [-0.4, -0.2) is 22.6 Å². The molecule has 22 heavy (non-hydrogen) atoms. The predicted octanol–water partition coefficient (Wildman–Crippen LogP) is 2.48. The van der Waals surface area contributed by atoms with Crippen molar-refractivity contribution in [1.82, 2.24) is 0 Å². The summed E-state index contributed by atoms with van der Waals surface area (Å²) in [5.41, 5.74) is 6.07. The first kappa shape index (κ1) is 16.5. The zero-order chi connectivity index (χ0) is 15.9. The molecule has 1 radical (unpaired) electrons. The van der Waals surface area contributed by atoms with Crippen LogP contribution >= 0.6 is 11.8 Å². The molecule has 0 amide bonds. The highest BCUT2D eigenvalue weighted by atomic mass is 32.2. The number of hydrogen-bond donors (Lipinski definition) is 2. The molecule has 3 unspecified atom stereocenters. The molecule has 2 aromatic rings. The van der Waals surface area contributed by atoms with Crippen molar-refractivity contribution in [3.05, 3.63) is 67.6 Å². The lowest BCUT2D eigenvalue weighted by molar-refractivity contribution is -0.141. The number of rotatable bonds is 6. The number of carbonyl (C=O) groups is 1. The largest absolute Gasteiger partial charge is 0.426 e. The molecule has 0 aliphatic carbocycles. The fourth-order valence-corrected chi connectivity index (χ4v) is 2.98. The van der Waals surface area contributed by atoms with Gasteiger partial charge in [-0.3, -0.25) is 4.79 Å². The van der Waals surface area contributed by atoms with Gasteiger partial charge in [0.05, 0.1) is 11.5 Å². The lowest BCUT2D eigenvalue weighted by atomic mass is 10.0. The number of aliphatic hydroxyl groups excluding tert-OH is 1. The Balaban J connectivity index is 2.07. The van der Waals surface area contributed by atoms with Gasteiger partial charge in [0.25, 0.3) is 0 Å². The third kappa shape index (κ3) is 4.59. The molecule has 0 saturated carbocycles. The van der Waals surface area contributed by atoms with E-state index in [4.69, 9.17) is 10.5 Å². The van der Waals surface area contributed by atoms with E-state index in [-0.39, 0.29) is 0 Å². The summed E-state index contributed by atoms with van der Waals surface area (Å²) in [6.45, 7) is 3.53. The number of aliphatic hydroxyl groups is 1. The summed E-state index contributed by atoms with van der Waals surface area (Å²) < 4.78 is 5.26. The lowest BCUT2D eigenvalue weighted by Crippen LogP contribution is -2.42. The molecular formula is C17H18NO3S. The summed E-state index contributed by atoms with van der Waals surface area (Å²) in [5.74, 6) is -1.11. The fourth-order valence-electron chi connectivity index (χ4n) is 1.91. The van der Waals surface area contributed by atoms with Crippen LogP contribution in [0.15, 0.2) is 65.6 Å². The smallest absolute Gasteiger partial charge is 0.319 e. The molecule has 0 aromatic heterocycles. The van der Waals surface area contributed by atoms with Gasteiger partial charge in [0.15, 0.2) is 0 Å². The zero-order valence-corrected chi connectivity index (χ0v) is 12.8. The maximum atomic E-state index is 12.3. The Labute approximate surface area is 134 Å². The number of benzene rings is 2. The number of ether oxygens (including phenoxy) is 1. The van der Waals surface area contributed by atoms with E-state index in [1.54, 1.807) is 24.3 Å². The molecule has 3 N–H and O–H groups in total. The van der Waals surface area contributed by atoms with Crippen molar-refractivity contribution in [3.63, 3.8) is 0 Å². The SMILES string of the molecule is [CH2]C(O)C(C(=O)Oc1ccccc1)C(N)Sc1ccccc1. The van der Waals surface area contributed by atoms with Gasteiger partial charge < -0.3 is 15.6 Å². The first-order valence-corrected chi connectivity index (χ1v) is 7.71. The summed E-state index contributed by atoms with van der Waals surface area (Å²) >= 11 is 1.30. The van der Waals surface area contributed by atoms with Crippen LogP contribution in [-0.2, 0) is 4.79 Å². The Hall–Kier alpha value is -1.82. The Morgan fingerprint density at radius 3 is 2.18 bits per heavy atom. The molecule has 0 heterocycles. The molecule has 2 rings (SSSR count). The molecule has 0 fully saturated rings. The minimum atomic E-state index is -1.15. The second-order valence-electron chi connectivity index (χ2n) is 4.72. The van der Waals surface area contributed by atoms with Crippen molar-refractivity contribution in [1.29, 1.82) is 0 Å². The quantitative estimate of drug-likeness (QED) is 0.371. The second kappa shape index (κ2) is 7.98. The number of thioether (sulfide) groups is 1. The van der Waals surface area contributed by atoms with E-state index in [0.29, 0.717) is 5.75 Å². The van der Waals surface area contributed by atoms with Gasteiger partial charge in [0, 0.05) is 4.90 Å². The maximum absolute atomic E-state index is 12.3. The summed E-state index contributed by atoms with van der Waals surface area (Å²) in [4.78, 5) is 13.2. The van der Waals surface area contributed by atoms with Crippen LogP contribution in [0, 0.1) is 12.8 Å². The number of hydrogen-bond acceptors (Lipinski definition) is 5. The van der Waals surface area contributed by atoms with E-state index in [0.717, 1.165) is 4.90 Å². The Bertz CT molecular complexity index is 589. The van der Waals surface area contributed by atoms with Gasteiger partial charge >= 0.3 is 5.97 Å². The van der Waals surface area contributed by atoms with Gasteiger partial charge in [-0.1, -0.05) is 36.4 Å². The van der Waals surface area contributed by atoms with E-state index in [1.165, 1.54) is 11.8 Å². The third-order valence-electron chi connectivity index (χ3n) is 3.02. The molecule has 0 spiro atoms. The number of carbonyl (C=O) groups excluding carboxylic acids is 1. The monoisotopic (exact) mass is 316 g/mol. The van der Waals surface area contributed by atoms with Crippen LogP contribution in [0.2, 0.25) is 0 Å². The molecule has 0 aliphatic heterocycles. The van der Waals surface area contributed by atoms with Gasteiger partial charge in [-0.15, -0.1) is 11.8 Å². The van der Waals surface area contributed by atoms with Crippen molar-refractivity contribution in [2.24, 2.45) is 11.7 Å². The molecule has 0 bridgehead atoms. The Kier molecular flexibility index (Phi) is 6.00. The average Bonchev–Trinajstić information content (AvgIpc) is 2.48. The highest BCUT2D eigenvalue weighted by Gasteiger charge is 2.32. The number of para-hydroxylation sites is 1. The van der Waals surface area contributed by atoms with Crippen molar-refractivity contribution in [2.45, 2.75) is 16.4 Å². The van der Waals surface area contributed by atoms with Gasteiger partial charge in [-0.2, -0.15) is 0 Å². The minimum Gasteiger partial charge on any atom is -0.426 e. The molecule has 0 aliphatic rings. The molecular weight excluding hydrogens is 298 g/mol. The van der Waals surface area contributed by atoms with E-state index in [2.05, 4.69) is 6.92 Å². The second-order valence-corrected chi connectivity index (χ2v) is 5.97. The minimum absolute atomic E-state index is 0.412. The zero-order valence-electron chi connectivity index (χ0n) is 12.0. The van der Waals surface area contributed by atoms with Gasteiger partial charge in [0.1, 0.15) is 11.7 Å². The van der Waals surface area contributed by atoms with Gasteiger partial charge in [-0.25, -0.2) is 0 Å². The third-order valence-corrected chi connectivity index (χ3v) is 4.13. The molecule has 115 valence electrons. The molecule has 5 heteroatoms. The van der Waals surface area contributed by atoms with Crippen LogP contribution in [0.5, 0.6) is 5.75 Å². The van der Waals surface area contributed by atoms with Gasteiger partial charge in [-0.05, 0) is 31.2 Å². The topological polar surface area (TPSA) is 72.5 Å². The summed E-state index contributed by atoms with van der Waals surface area (Å²) in [6.07, 6.45) is -1.15. The number of esters is 1. The first-order valence-electron chi connectivity index (χ1n) is 6.83. The summed E-state index contributed by atoms with van der Waals surface area (Å²) in [6, 6.07) is 18.1. The van der Waals surface area contributed by atoms with Crippen molar-refractivity contribution < 1.29 is 14.6 Å². The predicted molar refractivity (Wildman–Crippen MR) is 87.2 cm³/mol. The lowest BCUT2D eigenvalue weighted by Gasteiger charge is -2.24. The Morgan fingerprint density at radius 1 is 1.09 bits per heavy atom. The molecule has 4 nitrogen and oxygen atoms in total. The highest BCUT2D eigenvalue weighted by Crippen LogP contribution is 2.27. The van der Waals surface area contributed by atoms with Crippen LogP contribution in [0.3, 0.4) is 0 Å². The van der Waals surface area contributed by atoms with E-state index >= 15 is 0 Å². The van der Waals surface area contributed by atoms with E-state index in [9.17, 15) is 9.90 Å². The first-order chi connectivity index (χ1) is 10.6. The molecule has 3 atom stereocenters. The number of nitrogens with two attached hydrogens (primary N) is 1. The fraction of sp³-hybridized carbons (Fsp3) is 0.176. The van der Waals surface area contributed by atoms with Gasteiger partial charge in [0.2, 0.25) is 0 Å².